The number of H-pyrrole nitrogens is 1. The summed E-state index contributed by atoms with van der Waals surface area (Å²) in [5, 5.41) is 0.309. The molecule has 9 heteroatoms. The van der Waals surface area contributed by atoms with Gasteiger partial charge in [0.05, 0.1) is 16.1 Å². The highest BCUT2D eigenvalue weighted by molar-refractivity contribution is 6.32. The summed E-state index contributed by atoms with van der Waals surface area (Å²) in [4.78, 5) is 17.9. The van der Waals surface area contributed by atoms with E-state index in [1.807, 2.05) is 24.3 Å². The van der Waals surface area contributed by atoms with Gasteiger partial charge in [0.25, 0.3) is 5.91 Å². The molecule has 3 aromatic carbocycles. The normalized spacial score (nSPS) is 12.2. The Hall–Kier alpha value is -3.39. The summed E-state index contributed by atoms with van der Waals surface area (Å²) >= 11 is 6.06. The van der Waals surface area contributed by atoms with Crippen molar-refractivity contribution in [3.8, 4) is 0 Å². The number of fused-ring (bicyclic) bond motifs is 1. The summed E-state index contributed by atoms with van der Waals surface area (Å²) in [6, 6.07) is 12.9. The molecule has 0 fully saturated rings. The molecule has 0 radical (unpaired) electrons. The van der Waals surface area contributed by atoms with Crippen LogP contribution in [0.5, 0.6) is 0 Å². The fraction of sp³-hybridized carbons (Fsp3) is 0.276. The minimum absolute atomic E-state index is 0.0544. The van der Waals surface area contributed by atoms with E-state index < -0.39 is 29.3 Å². The summed E-state index contributed by atoms with van der Waals surface area (Å²) in [6.07, 6.45) is -3.24. The monoisotopic (exact) mass is 548 g/mol. The molecule has 200 valence electrons. The molecule has 0 bridgehead atoms. The van der Waals surface area contributed by atoms with Gasteiger partial charge < -0.3 is 9.88 Å². The molecule has 4 aromatic rings. The average molecular weight is 549 g/mol. The highest BCUT2D eigenvalue weighted by Gasteiger charge is 2.31. The third-order valence-electron chi connectivity index (χ3n) is 6.39. The average Bonchev–Trinajstić information content (AvgIpc) is 3.28. The lowest BCUT2D eigenvalue weighted by atomic mass is 9.87. The predicted octanol–water partition coefficient (Wildman–Crippen LogP) is 8.30. The van der Waals surface area contributed by atoms with Gasteiger partial charge in [0.2, 0.25) is 0 Å². The van der Waals surface area contributed by atoms with E-state index in [-0.39, 0.29) is 46.6 Å². The maximum Gasteiger partial charge on any atom is 0.416 e. The molecule has 0 atom stereocenters. The van der Waals surface area contributed by atoms with Crippen molar-refractivity contribution in [1.29, 1.82) is 0 Å². The number of aromatic amines is 1. The first-order valence-electron chi connectivity index (χ1n) is 11.9. The van der Waals surface area contributed by atoms with Crippen LogP contribution in [0.25, 0.3) is 10.9 Å². The van der Waals surface area contributed by atoms with Gasteiger partial charge in [0.15, 0.2) is 5.82 Å². The lowest BCUT2D eigenvalue weighted by Crippen LogP contribution is -2.33. The summed E-state index contributed by atoms with van der Waals surface area (Å²) in [5.41, 5.74) is 0.672. The van der Waals surface area contributed by atoms with Gasteiger partial charge in [0, 0.05) is 24.7 Å². The Labute approximate surface area is 222 Å². The number of aromatic nitrogens is 1. The number of halogens is 6. The molecular weight excluding hydrogens is 523 g/mol. The fourth-order valence-corrected chi connectivity index (χ4v) is 4.52. The number of nitrogens with zero attached hydrogens (tertiary/aromatic N) is 1. The van der Waals surface area contributed by atoms with E-state index in [0.717, 1.165) is 23.3 Å². The number of carbonyl (C=O) groups excluding carboxylic acids is 1. The Bertz CT molecular complexity index is 1470. The standard InChI is InChI=1S/C29H26ClF5N2O/c1-28(2,3)20-6-4-17(5-7-20)16-37(11-9-18-12-21(29(33,34)35)15-22(31)13-18)27(38)24-25(32)23(30)14-19-8-10-36-26(19)24/h4-8,10,12-15,36H,9,11,16H2,1-3H3. The van der Waals surface area contributed by atoms with Crippen molar-refractivity contribution in [3.05, 3.63) is 105 Å². The van der Waals surface area contributed by atoms with Crippen LogP contribution in [-0.2, 0) is 24.6 Å². The first-order valence-corrected chi connectivity index (χ1v) is 12.3. The van der Waals surface area contributed by atoms with Crippen LogP contribution in [0, 0.1) is 11.6 Å². The van der Waals surface area contributed by atoms with Gasteiger partial charge >= 0.3 is 6.18 Å². The van der Waals surface area contributed by atoms with E-state index in [4.69, 9.17) is 11.6 Å². The Balaban J connectivity index is 1.70. The maximum absolute atomic E-state index is 15.2. The molecule has 1 amide bonds. The lowest BCUT2D eigenvalue weighted by Gasteiger charge is -2.25. The van der Waals surface area contributed by atoms with Crippen LogP contribution in [0.3, 0.4) is 0 Å². The van der Waals surface area contributed by atoms with Crippen molar-refractivity contribution in [2.24, 2.45) is 0 Å². The first-order chi connectivity index (χ1) is 17.7. The molecule has 4 rings (SSSR count). The molecular formula is C29H26ClF5N2O. The van der Waals surface area contributed by atoms with Gasteiger partial charge in [-0.3, -0.25) is 4.79 Å². The number of hydrogen-bond donors (Lipinski definition) is 1. The van der Waals surface area contributed by atoms with Crippen LogP contribution in [0.1, 0.15) is 53.4 Å². The van der Waals surface area contributed by atoms with Gasteiger partial charge in [-0.25, -0.2) is 8.78 Å². The Morgan fingerprint density at radius 3 is 2.24 bits per heavy atom. The lowest BCUT2D eigenvalue weighted by molar-refractivity contribution is -0.137. The summed E-state index contributed by atoms with van der Waals surface area (Å²) in [6.45, 7) is 6.16. The highest BCUT2D eigenvalue weighted by atomic mass is 35.5. The van der Waals surface area contributed by atoms with Crippen molar-refractivity contribution >= 4 is 28.4 Å². The van der Waals surface area contributed by atoms with E-state index in [1.165, 1.54) is 11.0 Å². The second-order valence-electron chi connectivity index (χ2n) is 10.3. The third-order valence-corrected chi connectivity index (χ3v) is 6.67. The minimum atomic E-state index is -4.72. The number of rotatable bonds is 6. The molecule has 0 aliphatic heterocycles. The Kier molecular flexibility index (Phi) is 7.57. The molecule has 1 heterocycles. The largest absolute Gasteiger partial charge is 0.416 e. The maximum atomic E-state index is 15.2. The van der Waals surface area contributed by atoms with Crippen molar-refractivity contribution in [2.45, 2.75) is 45.3 Å². The van der Waals surface area contributed by atoms with Gasteiger partial charge in [-0.05, 0) is 58.9 Å². The molecule has 38 heavy (non-hydrogen) atoms. The molecule has 0 aliphatic carbocycles. The highest BCUT2D eigenvalue weighted by Crippen LogP contribution is 2.32. The number of hydrogen-bond acceptors (Lipinski definition) is 1. The van der Waals surface area contributed by atoms with Gasteiger partial charge in [0.1, 0.15) is 11.4 Å². The van der Waals surface area contributed by atoms with Gasteiger partial charge in [-0.1, -0.05) is 56.6 Å². The zero-order chi connectivity index (χ0) is 27.8. The molecule has 0 spiro atoms. The van der Waals surface area contributed by atoms with Crippen molar-refractivity contribution in [3.63, 3.8) is 0 Å². The quantitative estimate of drug-likeness (QED) is 0.242. The molecule has 1 N–H and O–H groups in total. The van der Waals surface area contributed by atoms with Crippen LogP contribution in [0.2, 0.25) is 5.02 Å². The molecule has 3 nitrogen and oxygen atoms in total. The van der Waals surface area contributed by atoms with Crippen LogP contribution in [0.15, 0.2) is 60.8 Å². The molecule has 0 unspecified atom stereocenters. The number of amides is 1. The summed E-state index contributed by atoms with van der Waals surface area (Å²) < 4.78 is 68.8. The van der Waals surface area contributed by atoms with E-state index in [0.29, 0.717) is 11.5 Å². The SMILES string of the molecule is CC(C)(C)c1ccc(CN(CCc2cc(F)cc(C(F)(F)F)c2)C(=O)c2c(F)c(Cl)cc3cc[nH]c23)cc1. The van der Waals surface area contributed by atoms with Gasteiger partial charge in [-0.2, -0.15) is 13.2 Å². The third kappa shape index (κ3) is 6.01. The molecule has 0 saturated heterocycles. The fourth-order valence-electron chi connectivity index (χ4n) is 4.31. The first kappa shape index (κ1) is 27.6. The molecule has 1 aromatic heterocycles. The van der Waals surface area contributed by atoms with Crippen LogP contribution < -0.4 is 0 Å². The zero-order valence-electron chi connectivity index (χ0n) is 21.0. The van der Waals surface area contributed by atoms with Gasteiger partial charge in [-0.15, -0.1) is 0 Å². The van der Waals surface area contributed by atoms with Crippen molar-refractivity contribution < 1.29 is 26.7 Å². The van der Waals surface area contributed by atoms with Crippen LogP contribution in [0.4, 0.5) is 22.0 Å². The predicted molar refractivity (Wildman–Crippen MR) is 138 cm³/mol. The van der Waals surface area contributed by atoms with E-state index in [9.17, 15) is 22.4 Å². The summed E-state index contributed by atoms with van der Waals surface area (Å²) in [7, 11) is 0. The van der Waals surface area contributed by atoms with Crippen molar-refractivity contribution in [1.82, 2.24) is 9.88 Å². The second kappa shape index (κ2) is 10.4. The number of alkyl halides is 3. The minimum Gasteiger partial charge on any atom is -0.360 e. The van der Waals surface area contributed by atoms with Crippen LogP contribution >= 0.6 is 11.6 Å². The second-order valence-corrected chi connectivity index (χ2v) is 10.7. The zero-order valence-corrected chi connectivity index (χ0v) is 21.8. The Morgan fingerprint density at radius 1 is 0.921 bits per heavy atom. The number of carbonyl (C=O) groups is 1. The topological polar surface area (TPSA) is 36.1 Å². The van der Waals surface area contributed by atoms with E-state index in [2.05, 4.69) is 25.8 Å². The molecule has 0 aliphatic rings. The number of benzene rings is 3. The number of nitrogens with one attached hydrogen (secondary N) is 1. The summed E-state index contributed by atoms with van der Waals surface area (Å²) in [5.74, 6) is -2.62. The Morgan fingerprint density at radius 2 is 1.61 bits per heavy atom. The van der Waals surface area contributed by atoms with E-state index in [1.54, 1.807) is 12.3 Å². The van der Waals surface area contributed by atoms with Crippen LogP contribution in [-0.4, -0.2) is 22.3 Å². The van der Waals surface area contributed by atoms with E-state index >= 15 is 4.39 Å². The smallest absolute Gasteiger partial charge is 0.360 e. The molecule has 0 saturated carbocycles. The van der Waals surface area contributed by atoms with Crippen molar-refractivity contribution in [2.75, 3.05) is 6.54 Å².